The van der Waals surface area contributed by atoms with Crippen LogP contribution in [0.15, 0.2) is 12.7 Å². The highest BCUT2D eigenvalue weighted by Crippen LogP contribution is 2.12. The molecule has 1 unspecified atom stereocenters. The first-order chi connectivity index (χ1) is 4.68. The number of hydrogen-bond donors (Lipinski definition) is 0. The first-order valence-electron chi connectivity index (χ1n) is 3.93. The van der Waals surface area contributed by atoms with Crippen LogP contribution in [-0.2, 0) is 4.74 Å². The standard InChI is InChI=1S/C8H17BO/c1-5-7-10-8(3,6-2)9-4/h5,9H,1,6-7H2,2-4H3. The van der Waals surface area contributed by atoms with E-state index in [2.05, 4.69) is 27.2 Å². The third kappa shape index (κ3) is 3.07. The molecule has 0 aliphatic carbocycles. The molecule has 0 saturated carbocycles. The van der Waals surface area contributed by atoms with E-state index < -0.39 is 0 Å². The molecule has 1 atom stereocenters. The van der Waals surface area contributed by atoms with Gasteiger partial charge in [-0.1, -0.05) is 19.8 Å². The SMILES string of the molecule is C=CCOC(C)(BC)CC. The molecule has 0 aromatic rings. The summed E-state index contributed by atoms with van der Waals surface area (Å²) in [5.41, 5.74) is 0.0637. The van der Waals surface area contributed by atoms with E-state index in [9.17, 15) is 0 Å². The van der Waals surface area contributed by atoms with Crippen LogP contribution in [0.1, 0.15) is 20.3 Å². The predicted octanol–water partition coefficient (Wildman–Crippen LogP) is 1.80. The Kier molecular flexibility index (Phi) is 4.45. The third-order valence-electron chi connectivity index (χ3n) is 2.05. The monoisotopic (exact) mass is 140 g/mol. The molecule has 0 fully saturated rings. The molecule has 1 nitrogen and oxygen atoms in total. The van der Waals surface area contributed by atoms with Gasteiger partial charge in [-0.2, -0.15) is 0 Å². The van der Waals surface area contributed by atoms with Gasteiger partial charge < -0.3 is 4.74 Å². The van der Waals surface area contributed by atoms with Crippen molar-refractivity contribution in [2.75, 3.05) is 6.61 Å². The first-order valence-corrected chi connectivity index (χ1v) is 3.93. The molecule has 0 spiro atoms. The smallest absolute Gasteiger partial charge is 0.158 e. The molecule has 0 rings (SSSR count). The minimum atomic E-state index is 0.0637. The van der Waals surface area contributed by atoms with Gasteiger partial charge in [0.1, 0.15) is 0 Å². The van der Waals surface area contributed by atoms with Crippen LogP contribution in [0.2, 0.25) is 6.82 Å². The fraction of sp³-hybridized carbons (Fsp3) is 0.750. The van der Waals surface area contributed by atoms with Crippen molar-refractivity contribution in [3.05, 3.63) is 12.7 Å². The quantitative estimate of drug-likeness (QED) is 0.418. The van der Waals surface area contributed by atoms with Crippen molar-refractivity contribution in [2.24, 2.45) is 0 Å². The van der Waals surface area contributed by atoms with Crippen molar-refractivity contribution in [3.63, 3.8) is 0 Å². The van der Waals surface area contributed by atoms with Crippen LogP contribution in [0, 0.1) is 0 Å². The van der Waals surface area contributed by atoms with Crippen molar-refractivity contribution in [2.45, 2.75) is 32.6 Å². The van der Waals surface area contributed by atoms with Gasteiger partial charge in [0, 0.05) is 5.50 Å². The molecule has 0 bridgehead atoms. The fourth-order valence-electron chi connectivity index (χ4n) is 0.714. The normalized spacial score (nSPS) is 15.9. The third-order valence-corrected chi connectivity index (χ3v) is 2.05. The Morgan fingerprint density at radius 2 is 2.30 bits per heavy atom. The highest BCUT2D eigenvalue weighted by atomic mass is 16.5. The van der Waals surface area contributed by atoms with Crippen molar-refractivity contribution >= 4 is 7.28 Å². The maximum absolute atomic E-state index is 5.56. The highest BCUT2D eigenvalue weighted by molar-refractivity contribution is 6.37. The zero-order chi connectivity index (χ0) is 8.04. The van der Waals surface area contributed by atoms with E-state index in [0.29, 0.717) is 6.61 Å². The summed E-state index contributed by atoms with van der Waals surface area (Å²) >= 11 is 0. The number of rotatable bonds is 5. The van der Waals surface area contributed by atoms with Crippen molar-refractivity contribution in [1.82, 2.24) is 0 Å². The van der Waals surface area contributed by atoms with E-state index in [-0.39, 0.29) is 5.50 Å². The van der Waals surface area contributed by atoms with Crippen molar-refractivity contribution in [1.29, 1.82) is 0 Å². The molecule has 0 aromatic heterocycles. The molecule has 2 heteroatoms. The van der Waals surface area contributed by atoms with E-state index in [0.717, 1.165) is 13.7 Å². The van der Waals surface area contributed by atoms with E-state index in [1.165, 1.54) is 0 Å². The summed E-state index contributed by atoms with van der Waals surface area (Å²) in [6.45, 7) is 10.7. The second-order valence-corrected chi connectivity index (χ2v) is 2.76. The molecule has 0 radical (unpaired) electrons. The number of ether oxygens (including phenoxy) is 1. The minimum Gasteiger partial charge on any atom is -0.380 e. The molecule has 58 valence electrons. The van der Waals surface area contributed by atoms with Crippen LogP contribution in [-0.4, -0.2) is 19.4 Å². The number of hydrogen-bond acceptors (Lipinski definition) is 1. The molecule has 0 aliphatic heterocycles. The van der Waals surface area contributed by atoms with Gasteiger partial charge in [-0.3, -0.25) is 0 Å². The minimum absolute atomic E-state index is 0.0637. The molecule has 0 N–H and O–H groups in total. The molecule has 0 aromatic carbocycles. The van der Waals surface area contributed by atoms with Gasteiger partial charge in [-0.05, 0) is 13.3 Å². The maximum Gasteiger partial charge on any atom is 0.158 e. The molecule has 10 heavy (non-hydrogen) atoms. The topological polar surface area (TPSA) is 9.23 Å². The summed E-state index contributed by atoms with van der Waals surface area (Å²) in [4.78, 5) is 0. The van der Waals surface area contributed by atoms with Crippen LogP contribution in [0.25, 0.3) is 0 Å². The molecular formula is C8H17BO. The predicted molar refractivity (Wildman–Crippen MR) is 47.9 cm³/mol. The average molecular weight is 140 g/mol. The van der Waals surface area contributed by atoms with Gasteiger partial charge in [-0.15, -0.1) is 6.58 Å². The Labute approximate surface area is 64.7 Å². The summed E-state index contributed by atoms with van der Waals surface area (Å²) in [6, 6.07) is 0. The van der Waals surface area contributed by atoms with Crippen molar-refractivity contribution < 1.29 is 4.74 Å². The first kappa shape index (κ1) is 9.76. The average Bonchev–Trinajstić information content (AvgIpc) is 2.00. The molecular weight excluding hydrogens is 123 g/mol. The molecule has 0 saturated heterocycles. The van der Waals surface area contributed by atoms with Gasteiger partial charge in [0.2, 0.25) is 0 Å². The van der Waals surface area contributed by atoms with E-state index in [4.69, 9.17) is 4.74 Å². The summed E-state index contributed by atoms with van der Waals surface area (Å²) in [5.74, 6) is 0. The van der Waals surface area contributed by atoms with Gasteiger partial charge in [0.25, 0.3) is 0 Å². The Morgan fingerprint density at radius 1 is 1.70 bits per heavy atom. The Morgan fingerprint density at radius 3 is 2.60 bits per heavy atom. The van der Waals surface area contributed by atoms with Crippen molar-refractivity contribution in [3.8, 4) is 0 Å². The lowest BCUT2D eigenvalue weighted by Crippen LogP contribution is -2.33. The lowest BCUT2D eigenvalue weighted by molar-refractivity contribution is 0.0466. The molecule has 0 heterocycles. The summed E-state index contributed by atoms with van der Waals surface area (Å²) in [6.07, 6.45) is 2.86. The van der Waals surface area contributed by atoms with Gasteiger partial charge in [0.15, 0.2) is 7.28 Å². The second kappa shape index (κ2) is 4.56. The van der Waals surface area contributed by atoms with Gasteiger partial charge >= 0.3 is 0 Å². The van der Waals surface area contributed by atoms with E-state index in [1.807, 2.05) is 0 Å². The lowest BCUT2D eigenvalue weighted by Gasteiger charge is -2.25. The highest BCUT2D eigenvalue weighted by Gasteiger charge is 2.19. The van der Waals surface area contributed by atoms with Gasteiger partial charge in [-0.25, -0.2) is 0 Å². The Bertz CT molecular complexity index is 97.4. The molecule has 0 amide bonds. The van der Waals surface area contributed by atoms with E-state index in [1.54, 1.807) is 6.08 Å². The van der Waals surface area contributed by atoms with Crippen LogP contribution < -0.4 is 0 Å². The van der Waals surface area contributed by atoms with Gasteiger partial charge in [0.05, 0.1) is 6.61 Å². The van der Waals surface area contributed by atoms with Crippen LogP contribution in [0.3, 0.4) is 0 Å². The zero-order valence-electron chi connectivity index (χ0n) is 7.31. The lowest BCUT2D eigenvalue weighted by atomic mass is 9.62. The Hall–Kier alpha value is -0.235. The van der Waals surface area contributed by atoms with E-state index >= 15 is 0 Å². The van der Waals surface area contributed by atoms with Crippen LogP contribution in [0.5, 0.6) is 0 Å². The zero-order valence-corrected chi connectivity index (χ0v) is 7.31. The summed E-state index contributed by atoms with van der Waals surface area (Å²) in [7, 11) is 1.07. The largest absolute Gasteiger partial charge is 0.380 e. The van der Waals surface area contributed by atoms with Crippen LogP contribution >= 0.6 is 0 Å². The Balaban J connectivity index is 3.68. The second-order valence-electron chi connectivity index (χ2n) is 2.76. The fourth-order valence-corrected chi connectivity index (χ4v) is 0.714. The maximum atomic E-state index is 5.56. The summed E-state index contributed by atoms with van der Waals surface area (Å²) in [5, 5.41) is 0. The van der Waals surface area contributed by atoms with Crippen LogP contribution in [0.4, 0.5) is 0 Å². The molecule has 0 aliphatic rings. The summed E-state index contributed by atoms with van der Waals surface area (Å²) < 4.78 is 5.56.